The van der Waals surface area contributed by atoms with Gasteiger partial charge in [-0.15, -0.1) is 0 Å². The maximum absolute atomic E-state index is 7.09. The van der Waals surface area contributed by atoms with Gasteiger partial charge in [0.05, 0.1) is 0 Å². The Morgan fingerprint density at radius 1 is 1.17 bits per heavy atom. The van der Waals surface area contributed by atoms with E-state index in [1.165, 1.54) is 38.5 Å². The van der Waals surface area contributed by atoms with Gasteiger partial charge in [-0.3, -0.25) is 0 Å². The highest BCUT2D eigenvalue weighted by atomic mass is 14.3. The SMILES string of the molecule is CC1CCCCC(CC=N)CC1. The monoisotopic (exact) mass is 167 g/mol. The van der Waals surface area contributed by atoms with Crippen LogP contribution >= 0.6 is 0 Å². The van der Waals surface area contributed by atoms with Crippen molar-refractivity contribution < 1.29 is 0 Å². The van der Waals surface area contributed by atoms with Gasteiger partial charge in [-0.25, -0.2) is 0 Å². The minimum absolute atomic E-state index is 0.824. The van der Waals surface area contributed by atoms with E-state index >= 15 is 0 Å². The minimum Gasteiger partial charge on any atom is -0.313 e. The summed E-state index contributed by atoms with van der Waals surface area (Å²) in [6, 6.07) is 0. The average molecular weight is 167 g/mol. The van der Waals surface area contributed by atoms with Crippen LogP contribution in [0.4, 0.5) is 0 Å². The summed E-state index contributed by atoms with van der Waals surface area (Å²) in [6.07, 6.45) is 11.0. The Balaban J connectivity index is 2.28. The lowest BCUT2D eigenvalue weighted by Crippen LogP contribution is -2.08. The van der Waals surface area contributed by atoms with Gasteiger partial charge < -0.3 is 5.41 Å². The molecule has 0 heterocycles. The van der Waals surface area contributed by atoms with E-state index in [2.05, 4.69) is 6.92 Å². The molecule has 1 saturated carbocycles. The predicted octanol–water partition coefficient (Wildman–Crippen LogP) is 3.63. The summed E-state index contributed by atoms with van der Waals surface area (Å²) in [5, 5.41) is 7.09. The molecule has 0 spiro atoms. The van der Waals surface area contributed by atoms with Crippen molar-refractivity contribution in [2.45, 2.75) is 51.9 Å². The summed E-state index contributed by atoms with van der Waals surface area (Å²) in [4.78, 5) is 0. The third-order valence-corrected chi connectivity index (χ3v) is 3.08. The Labute approximate surface area is 76.1 Å². The zero-order valence-corrected chi connectivity index (χ0v) is 8.18. The van der Waals surface area contributed by atoms with Gasteiger partial charge in [0.2, 0.25) is 0 Å². The lowest BCUT2D eigenvalue weighted by molar-refractivity contribution is 0.333. The van der Waals surface area contributed by atoms with E-state index in [9.17, 15) is 0 Å². The van der Waals surface area contributed by atoms with Gasteiger partial charge in [0.1, 0.15) is 0 Å². The van der Waals surface area contributed by atoms with E-state index in [-0.39, 0.29) is 0 Å². The van der Waals surface area contributed by atoms with Crippen molar-refractivity contribution in [1.29, 1.82) is 5.41 Å². The van der Waals surface area contributed by atoms with Crippen molar-refractivity contribution in [2.24, 2.45) is 11.8 Å². The van der Waals surface area contributed by atoms with E-state index in [1.54, 1.807) is 6.21 Å². The van der Waals surface area contributed by atoms with Crippen LogP contribution in [-0.4, -0.2) is 6.21 Å². The normalized spacial score (nSPS) is 32.1. The molecule has 1 nitrogen and oxygen atoms in total. The lowest BCUT2D eigenvalue weighted by Gasteiger charge is -2.21. The van der Waals surface area contributed by atoms with Crippen molar-refractivity contribution in [3.8, 4) is 0 Å². The Hall–Kier alpha value is -0.330. The first-order chi connectivity index (χ1) is 5.83. The first-order valence-electron chi connectivity index (χ1n) is 5.32. The molecule has 70 valence electrons. The Morgan fingerprint density at radius 3 is 2.67 bits per heavy atom. The number of hydrogen-bond acceptors (Lipinski definition) is 1. The van der Waals surface area contributed by atoms with Crippen LogP contribution < -0.4 is 0 Å². The zero-order chi connectivity index (χ0) is 8.81. The molecule has 0 aromatic rings. The highest BCUT2D eigenvalue weighted by Crippen LogP contribution is 2.27. The molecule has 1 rings (SSSR count). The topological polar surface area (TPSA) is 23.9 Å². The van der Waals surface area contributed by atoms with Gasteiger partial charge in [-0.05, 0) is 30.9 Å². The van der Waals surface area contributed by atoms with Crippen LogP contribution in [0.3, 0.4) is 0 Å². The molecule has 1 aliphatic carbocycles. The molecule has 0 aromatic heterocycles. The molecule has 0 aromatic carbocycles. The standard InChI is InChI=1S/C11H21N/c1-10-4-2-3-5-11(7-6-10)8-9-12/h9-12H,2-8H2,1H3. The Morgan fingerprint density at radius 2 is 1.92 bits per heavy atom. The predicted molar refractivity (Wildman–Crippen MR) is 53.8 cm³/mol. The van der Waals surface area contributed by atoms with E-state index < -0.39 is 0 Å². The summed E-state index contributed by atoms with van der Waals surface area (Å²) < 4.78 is 0. The van der Waals surface area contributed by atoms with Crippen LogP contribution in [0.15, 0.2) is 0 Å². The average Bonchev–Trinajstić information content (AvgIpc) is 2.04. The van der Waals surface area contributed by atoms with Crippen LogP contribution in [0, 0.1) is 17.2 Å². The molecular formula is C11H21N. The van der Waals surface area contributed by atoms with E-state index in [1.807, 2.05) is 0 Å². The third-order valence-electron chi connectivity index (χ3n) is 3.08. The second-order valence-electron chi connectivity index (χ2n) is 4.27. The largest absolute Gasteiger partial charge is 0.313 e. The summed E-state index contributed by atoms with van der Waals surface area (Å²) >= 11 is 0. The summed E-state index contributed by atoms with van der Waals surface area (Å²) in [5.74, 6) is 1.75. The number of nitrogens with one attached hydrogen (secondary N) is 1. The number of hydrogen-bond donors (Lipinski definition) is 1. The van der Waals surface area contributed by atoms with Crippen molar-refractivity contribution in [1.82, 2.24) is 0 Å². The number of rotatable bonds is 2. The fraction of sp³-hybridized carbons (Fsp3) is 0.909. The molecule has 0 aliphatic heterocycles. The molecule has 0 radical (unpaired) electrons. The van der Waals surface area contributed by atoms with E-state index in [0.29, 0.717) is 0 Å². The summed E-state index contributed by atoms with van der Waals surface area (Å²) in [7, 11) is 0. The van der Waals surface area contributed by atoms with Gasteiger partial charge in [0.25, 0.3) is 0 Å². The summed E-state index contributed by atoms with van der Waals surface area (Å²) in [5.41, 5.74) is 0. The smallest absolute Gasteiger partial charge is 0.00450 e. The molecular weight excluding hydrogens is 146 g/mol. The Bertz CT molecular complexity index is 131. The quantitative estimate of drug-likeness (QED) is 0.607. The molecule has 12 heavy (non-hydrogen) atoms. The van der Waals surface area contributed by atoms with Gasteiger partial charge in [0.15, 0.2) is 0 Å². The molecule has 1 fully saturated rings. The third kappa shape index (κ3) is 3.38. The van der Waals surface area contributed by atoms with Crippen molar-refractivity contribution >= 4 is 6.21 Å². The highest BCUT2D eigenvalue weighted by molar-refractivity contribution is 5.53. The minimum atomic E-state index is 0.824. The van der Waals surface area contributed by atoms with E-state index in [4.69, 9.17) is 5.41 Å². The Kier molecular flexibility index (Phi) is 4.34. The molecule has 2 unspecified atom stereocenters. The highest BCUT2D eigenvalue weighted by Gasteiger charge is 2.13. The van der Waals surface area contributed by atoms with E-state index in [0.717, 1.165) is 18.3 Å². The molecule has 0 bridgehead atoms. The fourth-order valence-corrected chi connectivity index (χ4v) is 2.14. The van der Waals surface area contributed by atoms with Crippen LogP contribution in [0.25, 0.3) is 0 Å². The molecule has 0 saturated heterocycles. The maximum atomic E-state index is 7.09. The second-order valence-corrected chi connectivity index (χ2v) is 4.27. The van der Waals surface area contributed by atoms with Gasteiger partial charge >= 0.3 is 0 Å². The van der Waals surface area contributed by atoms with Gasteiger partial charge in [0, 0.05) is 0 Å². The molecule has 0 amide bonds. The second kappa shape index (κ2) is 5.34. The van der Waals surface area contributed by atoms with Crippen LogP contribution in [0.1, 0.15) is 51.9 Å². The maximum Gasteiger partial charge on any atom is -0.00450 e. The van der Waals surface area contributed by atoms with Crippen LogP contribution in [0.5, 0.6) is 0 Å². The van der Waals surface area contributed by atoms with Gasteiger partial charge in [-0.2, -0.15) is 0 Å². The summed E-state index contributed by atoms with van der Waals surface area (Å²) in [6.45, 7) is 2.37. The molecule has 1 aliphatic rings. The zero-order valence-electron chi connectivity index (χ0n) is 8.18. The van der Waals surface area contributed by atoms with Crippen molar-refractivity contribution in [2.75, 3.05) is 0 Å². The fourth-order valence-electron chi connectivity index (χ4n) is 2.14. The van der Waals surface area contributed by atoms with Crippen molar-refractivity contribution in [3.05, 3.63) is 0 Å². The van der Waals surface area contributed by atoms with Crippen LogP contribution in [-0.2, 0) is 0 Å². The molecule has 2 atom stereocenters. The van der Waals surface area contributed by atoms with Gasteiger partial charge in [-0.1, -0.05) is 39.0 Å². The molecule has 1 heteroatoms. The first-order valence-corrected chi connectivity index (χ1v) is 5.32. The van der Waals surface area contributed by atoms with Crippen LogP contribution in [0.2, 0.25) is 0 Å². The molecule has 1 N–H and O–H groups in total. The van der Waals surface area contributed by atoms with Crippen molar-refractivity contribution in [3.63, 3.8) is 0 Å². The lowest BCUT2D eigenvalue weighted by atomic mass is 9.85. The first kappa shape index (κ1) is 9.76.